The highest BCUT2D eigenvalue weighted by molar-refractivity contribution is 5.89. The fourth-order valence-electron chi connectivity index (χ4n) is 5.25. The molecule has 0 unspecified atom stereocenters. The summed E-state index contributed by atoms with van der Waals surface area (Å²) >= 11 is 0. The lowest BCUT2D eigenvalue weighted by Gasteiger charge is -2.46. The van der Waals surface area contributed by atoms with Crippen molar-refractivity contribution in [3.63, 3.8) is 0 Å². The highest BCUT2D eigenvalue weighted by Gasteiger charge is 2.51. The molecule has 2 aromatic carbocycles. The second kappa shape index (κ2) is 11.8. The number of methoxy groups -OCH3 is 1. The maximum Gasteiger partial charge on any atom is 0.197 e. The van der Waals surface area contributed by atoms with Crippen molar-refractivity contribution in [1.29, 1.82) is 0 Å². The Hall–Kier alpha value is -3.31. The van der Waals surface area contributed by atoms with Gasteiger partial charge in [-0.05, 0) is 31.2 Å². The molecule has 14 heteroatoms. The predicted molar refractivity (Wildman–Crippen MR) is 142 cm³/mol. The van der Waals surface area contributed by atoms with E-state index in [-0.39, 0.29) is 22.3 Å². The van der Waals surface area contributed by atoms with E-state index >= 15 is 0 Å². The number of phenols is 2. The summed E-state index contributed by atoms with van der Waals surface area (Å²) in [4.78, 5) is 13.2. The van der Waals surface area contributed by atoms with Crippen molar-refractivity contribution in [1.82, 2.24) is 0 Å². The van der Waals surface area contributed by atoms with Crippen LogP contribution in [0.25, 0.3) is 22.3 Å². The summed E-state index contributed by atoms with van der Waals surface area (Å²) in [5, 5.41) is 83.7. The van der Waals surface area contributed by atoms with Gasteiger partial charge in [0.15, 0.2) is 17.3 Å². The van der Waals surface area contributed by atoms with Crippen LogP contribution in [0, 0.1) is 0 Å². The van der Waals surface area contributed by atoms with Crippen LogP contribution in [0.15, 0.2) is 45.6 Å². The van der Waals surface area contributed by atoms with Crippen LogP contribution in [-0.2, 0) is 14.2 Å². The Bertz CT molecular complexity index is 1470. The highest BCUT2D eigenvalue weighted by Crippen LogP contribution is 2.45. The van der Waals surface area contributed by atoms with Crippen LogP contribution in [0.2, 0.25) is 0 Å². The zero-order chi connectivity index (χ0) is 30.5. The van der Waals surface area contributed by atoms with Crippen LogP contribution in [0.5, 0.6) is 17.2 Å². The minimum Gasteiger partial charge on any atom is -0.507 e. The molecule has 8 N–H and O–H groups in total. The van der Waals surface area contributed by atoms with Crippen molar-refractivity contribution >= 4 is 11.0 Å². The lowest BCUT2D eigenvalue weighted by Crippen LogP contribution is -2.61. The SMILES string of the molecule is COc1ccc(-c2cc(=O)c3c(O)cc(O)c([C@@H]4O[C@H](CO)[C@H](O)[C@H](O)[C@@H]4O[C@@H]4O[C@H](C)[C@H](O)[C@H](O)[C@H]4O)c3o2)cc1. The third kappa shape index (κ3) is 5.21. The summed E-state index contributed by atoms with van der Waals surface area (Å²) in [6.07, 6.45) is -15.9. The van der Waals surface area contributed by atoms with Gasteiger partial charge < -0.3 is 64.2 Å². The van der Waals surface area contributed by atoms with Crippen molar-refractivity contribution in [3.05, 3.63) is 52.2 Å². The van der Waals surface area contributed by atoms with E-state index in [1.54, 1.807) is 24.3 Å². The topological polar surface area (TPSA) is 229 Å². The molecule has 3 aromatic rings. The molecule has 0 aliphatic carbocycles. The van der Waals surface area contributed by atoms with E-state index in [1.165, 1.54) is 14.0 Å². The predicted octanol–water partition coefficient (Wildman–Crippen LogP) is -0.754. The first-order chi connectivity index (χ1) is 20.0. The number of fused-ring (bicyclic) bond motifs is 1. The molecule has 0 spiro atoms. The summed E-state index contributed by atoms with van der Waals surface area (Å²) < 4.78 is 28.4. The number of hydrogen-bond acceptors (Lipinski definition) is 14. The zero-order valence-electron chi connectivity index (χ0n) is 22.5. The number of ether oxygens (including phenoxy) is 4. The Morgan fingerprint density at radius 1 is 0.857 bits per heavy atom. The normalized spacial score (nSPS) is 33.5. The van der Waals surface area contributed by atoms with Gasteiger partial charge in [-0.2, -0.15) is 0 Å². The Labute approximate surface area is 238 Å². The van der Waals surface area contributed by atoms with Crippen LogP contribution in [-0.4, -0.2) is 110 Å². The number of aliphatic hydroxyl groups is 6. The molecule has 0 amide bonds. The maximum atomic E-state index is 13.2. The molecule has 2 fully saturated rings. The quantitative estimate of drug-likeness (QED) is 0.176. The lowest BCUT2D eigenvalue weighted by atomic mass is 9.89. The average Bonchev–Trinajstić information content (AvgIpc) is 2.97. The molecule has 10 atom stereocenters. The van der Waals surface area contributed by atoms with Crippen molar-refractivity contribution in [2.24, 2.45) is 0 Å². The molecule has 5 rings (SSSR count). The number of benzene rings is 2. The number of rotatable bonds is 6. The van der Waals surface area contributed by atoms with Gasteiger partial charge in [0.2, 0.25) is 0 Å². The number of phenolic OH excluding ortho intramolecular Hbond substituents is 2. The number of hydrogen-bond donors (Lipinski definition) is 8. The fraction of sp³-hybridized carbons (Fsp3) is 0.464. The van der Waals surface area contributed by atoms with Crippen LogP contribution >= 0.6 is 0 Å². The van der Waals surface area contributed by atoms with E-state index in [0.29, 0.717) is 11.3 Å². The molecule has 14 nitrogen and oxygen atoms in total. The minimum absolute atomic E-state index is 0.0333. The molecular formula is C28H32O14. The van der Waals surface area contributed by atoms with Crippen LogP contribution < -0.4 is 10.2 Å². The van der Waals surface area contributed by atoms with Crippen LogP contribution in [0.4, 0.5) is 0 Å². The molecule has 3 heterocycles. The number of aromatic hydroxyl groups is 2. The first kappa shape index (κ1) is 30.2. The van der Waals surface area contributed by atoms with Gasteiger partial charge in [0.1, 0.15) is 77.2 Å². The summed E-state index contributed by atoms with van der Waals surface area (Å²) in [5.74, 6) is -0.699. The van der Waals surface area contributed by atoms with Crippen molar-refractivity contribution in [2.75, 3.05) is 13.7 Å². The Morgan fingerprint density at radius 2 is 1.55 bits per heavy atom. The van der Waals surface area contributed by atoms with Gasteiger partial charge in [0.05, 0.1) is 25.4 Å². The molecule has 2 saturated heterocycles. The summed E-state index contributed by atoms with van der Waals surface area (Å²) in [7, 11) is 1.48. The molecule has 228 valence electrons. The van der Waals surface area contributed by atoms with Crippen molar-refractivity contribution in [3.8, 4) is 28.6 Å². The molecule has 0 bridgehead atoms. The van der Waals surface area contributed by atoms with Gasteiger partial charge in [-0.25, -0.2) is 0 Å². The highest BCUT2D eigenvalue weighted by atomic mass is 16.7. The van der Waals surface area contributed by atoms with Gasteiger partial charge in [0, 0.05) is 17.7 Å². The first-order valence-corrected chi connectivity index (χ1v) is 13.1. The molecular weight excluding hydrogens is 560 g/mol. The second-order valence-corrected chi connectivity index (χ2v) is 10.3. The van der Waals surface area contributed by atoms with E-state index in [4.69, 9.17) is 23.4 Å². The lowest BCUT2D eigenvalue weighted by molar-refractivity contribution is -0.338. The smallest absolute Gasteiger partial charge is 0.197 e. The molecule has 1 aromatic heterocycles. The second-order valence-electron chi connectivity index (χ2n) is 10.3. The maximum absolute atomic E-state index is 13.2. The van der Waals surface area contributed by atoms with Gasteiger partial charge in [-0.3, -0.25) is 4.79 Å². The average molecular weight is 593 g/mol. The van der Waals surface area contributed by atoms with Crippen molar-refractivity contribution < 1.29 is 64.2 Å². The third-order valence-corrected chi connectivity index (χ3v) is 7.62. The van der Waals surface area contributed by atoms with Gasteiger partial charge >= 0.3 is 0 Å². The number of aliphatic hydroxyl groups excluding tert-OH is 6. The third-order valence-electron chi connectivity index (χ3n) is 7.62. The van der Waals surface area contributed by atoms with Crippen LogP contribution in [0.1, 0.15) is 18.6 Å². The first-order valence-electron chi connectivity index (χ1n) is 13.1. The monoisotopic (exact) mass is 592 g/mol. The summed E-state index contributed by atoms with van der Waals surface area (Å²) in [5.41, 5.74) is -0.891. The van der Waals surface area contributed by atoms with Gasteiger partial charge in [0.25, 0.3) is 0 Å². The Balaban J connectivity index is 1.66. The fourth-order valence-corrected chi connectivity index (χ4v) is 5.25. The van der Waals surface area contributed by atoms with E-state index in [2.05, 4.69) is 0 Å². The van der Waals surface area contributed by atoms with Gasteiger partial charge in [-0.15, -0.1) is 0 Å². The van der Waals surface area contributed by atoms with Crippen LogP contribution in [0.3, 0.4) is 0 Å². The van der Waals surface area contributed by atoms with E-state index in [1.807, 2.05) is 0 Å². The Kier molecular flexibility index (Phi) is 8.44. The van der Waals surface area contributed by atoms with E-state index in [9.17, 15) is 45.6 Å². The van der Waals surface area contributed by atoms with Gasteiger partial charge in [-0.1, -0.05) is 0 Å². The molecule has 0 saturated carbocycles. The molecule has 0 radical (unpaired) electrons. The molecule has 2 aliphatic heterocycles. The summed E-state index contributed by atoms with van der Waals surface area (Å²) in [6.45, 7) is 0.635. The largest absolute Gasteiger partial charge is 0.507 e. The van der Waals surface area contributed by atoms with Crippen molar-refractivity contribution in [2.45, 2.75) is 68.1 Å². The minimum atomic E-state index is -1.84. The molecule has 42 heavy (non-hydrogen) atoms. The van der Waals surface area contributed by atoms with E-state index in [0.717, 1.165) is 12.1 Å². The Morgan fingerprint density at radius 3 is 2.19 bits per heavy atom. The standard InChI is InChI=1S/C28H32O14/c1-10-20(33)22(35)24(37)28(39-10)42-27-23(36)21(34)17(9-29)41-26(27)19-14(31)7-13(30)18-15(32)8-16(40-25(18)19)11-3-5-12(38-2)6-4-11/h3-8,10,17,20-24,26-31,33-37H,9H2,1-2H3/t10-,17-,20+,21+,22+,23+,24-,26+,27+,28+/m1/s1. The molecule has 2 aliphatic rings. The zero-order valence-corrected chi connectivity index (χ0v) is 22.5. The van der Waals surface area contributed by atoms with E-state index < -0.39 is 84.8 Å². The summed E-state index contributed by atoms with van der Waals surface area (Å²) in [6, 6.07) is 8.47.